The highest BCUT2D eigenvalue weighted by Gasteiger charge is 2.18. The van der Waals surface area contributed by atoms with E-state index in [0.717, 1.165) is 23.4 Å². The summed E-state index contributed by atoms with van der Waals surface area (Å²) >= 11 is 6.05. The van der Waals surface area contributed by atoms with Crippen molar-refractivity contribution in [3.63, 3.8) is 0 Å². The number of nitrogens with one attached hydrogen (secondary N) is 1. The molecule has 0 amide bonds. The molecule has 3 nitrogen and oxygen atoms in total. The van der Waals surface area contributed by atoms with Gasteiger partial charge in [0.05, 0.1) is 11.2 Å². The standard InChI is InChI=1S/C15H19ClFN3/c1-4-18-14(12-9-19-20(3)10(12)2)8-11-6-5-7-13(17)15(11)16/h5-7,9,14,18H,4,8H2,1-3H3. The first-order chi connectivity index (χ1) is 9.54. The molecule has 0 radical (unpaired) electrons. The molecule has 0 fully saturated rings. The van der Waals surface area contributed by atoms with Gasteiger partial charge in [-0.15, -0.1) is 0 Å². The van der Waals surface area contributed by atoms with Crippen molar-refractivity contribution in [2.24, 2.45) is 7.05 Å². The molecule has 0 aliphatic carbocycles. The average Bonchev–Trinajstić information content (AvgIpc) is 2.75. The summed E-state index contributed by atoms with van der Waals surface area (Å²) in [6, 6.07) is 5.01. The summed E-state index contributed by atoms with van der Waals surface area (Å²) in [7, 11) is 1.91. The molecule has 0 aliphatic rings. The van der Waals surface area contributed by atoms with E-state index in [1.165, 1.54) is 6.07 Å². The van der Waals surface area contributed by atoms with Gasteiger partial charge in [0.15, 0.2) is 0 Å². The predicted octanol–water partition coefficient (Wildman–Crippen LogP) is 3.41. The number of halogens is 2. The number of rotatable bonds is 5. The van der Waals surface area contributed by atoms with Crippen molar-refractivity contribution < 1.29 is 4.39 Å². The average molecular weight is 296 g/mol. The maximum absolute atomic E-state index is 13.5. The van der Waals surface area contributed by atoms with Gasteiger partial charge in [0.1, 0.15) is 5.82 Å². The first-order valence-corrected chi connectivity index (χ1v) is 7.07. The van der Waals surface area contributed by atoms with Crippen LogP contribution in [0.2, 0.25) is 5.02 Å². The van der Waals surface area contributed by atoms with E-state index in [-0.39, 0.29) is 16.9 Å². The Kier molecular flexibility index (Phi) is 4.78. The fraction of sp³-hybridized carbons (Fsp3) is 0.400. The van der Waals surface area contributed by atoms with E-state index in [2.05, 4.69) is 10.4 Å². The third kappa shape index (κ3) is 3.02. The van der Waals surface area contributed by atoms with Gasteiger partial charge in [-0.2, -0.15) is 5.10 Å². The number of hydrogen-bond acceptors (Lipinski definition) is 2. The van der Waals surface area contributed by atoms with Crippen LogP contribution in [0.25, 0.3) is 0 Å². The lowest BCUT2D eigenvalue weighted by molar-refractivity contribution is 0.543. The molecule has 2 rings (SSSR count). The molecule has 20 heavy (non-hydrogen) atoms. The summed E-state index contributed by atoms with van der Waals surface area (Å²) in [5.41, 5.74) is 3.03. The summed E-state index contributed by atoms with van der Waals surface area (Å²) in [4.78, 5) is 0. The lowest BCUT2D eigenvalue weighted by Crippen LogP contribution is -2.23. The van der Waals surface area contributed by atoms with Gasteiger partial charge in [-0.05, 0) is 31.5 Å². The summed E-state index contributed by atoms with van der Waals surface area (Å²) in [6.07, 6.45) is 2.49. The molecular weight excluding hydrogens is 277 g/mol. The molecule has 1 aromatic carbocycles. The van der Waals surface area contributed by atoms with Crippen LogP contribution in [-0.4, -0.2) is 16.3 Å². The maximum atomic E-state index is 13.5. The number of aromatic nitrogens is 2. The molecule has 1 atom stereocenters. The molecule has 0 spiro atoms. The number of likely N-dealkylation sites (N-methyl/N-ethyl adjacent to an activating group) is 1. The molecule has 5 heteroatoms. The molecular formula is C15H19ClFN3. The van der Waals surface area contributed by atoms with Crippen molar-refractivity contribution in [2.45, 2.75) is 26.3 Å². The molecule has 2 aromatic rings. The molecule has 0 bridgehead atoms. The van der Waals surface area contributed by atoms with E-state index in [9.17, 15) is 4.39 Å². The van der Waals surface area contributed by atoms with Crippen LogP contribution in [-0.2, 0) is 13.5 Å². The Labute approximate surface area is 123 Å². The van der Waals surface area contributed by atoms with E-state index < -0.39 is 0 Å². The van der Waals surface area contributed by atoms with Gasteiger partial charge in [-0.1, -0.05) is 30.7 Å². The minimum atomic E-state index is -0.373. The van der Waals surface area contributed by atoms with E-state index in [1.54, 1.807) is 6.07 Å². The van der Waals surface area contributed by atoms with Crippen LogP contribution in [0.15, 0.2) is 24.4 Å². The number of benzene rings is 1. The van der Waals surface area contributed by atoms with Gasteiger partial charge in [0.25, 0.3) is 0 Å². The molecule has 1 aromatic heterocycles. The monoisotopic (exact) mass is 295 g/mol. The Bertz CT molecular complexity index is 595. The first-order valence-electron chi connectivity index (χ1n) is 6.69. The summed E-state index contributed by atoms with van der Waals surface area (Å²) in [5.74, 6) is -0.373. The van der Waals surface area contributed by atoms with Gasteiger partial charge in [-0.25, -0.2) is 4.39 Å². The molecule has 0 saturated carbocycles. The second-order valence-electron chi connectivity index (χ2n) is 4.84. The lowest BCUT2D eigenvalue weighted by Gasteiger charge is -2.18. The van der Waals surface area contributed by atoms with Crippen LogP contribution in [0, 0.1) is 12.7 Å². The van der Waals surface area contributed by atoms with Gasteiger partial charge in [-0.3, -0.25) is 4.68 Å². The van der Waals surface area contributed by atoms with Crippen LogP contribution in [0.5, 0.6) is 0 Å². The lowest BCUT2D eigenvalue weighted by atomic mass is 9.99. The fourth-order valence-corrected chi connectivity index (χ4v) is 2.53. The van der Waals surface area contributed by atoms with Crippen molar-refractivity contribution >= 4 is 11.6 Å². The Morgan fingerprint density at radius 1 is 1.45 bits per heavy atom. The molecule has 1 unspecified atom stereocenters. The normalized spacial score (nSPS) is 12.7. The summed E-state index contributed by atoms with van der Waals surface area (Å²) < 4.78 is 15.4. The van der Waals surface area contributed by atoms with Crippen LogP contribution in [0.1, 0.15) is 29.8 Å². The van der Waals surface area contributed by atoms with Gasteiger partial charge < -0.3 is 5.32 Å². The quantitative estimate of drug-likeness (QED) is 0.916. The Morgan fingerprint density at radius 3 is 2.80 bits per heavy atom. The largest absolute Gasteiger partial charge is 0.310 e. The van der Waals surface area contributed by atoms with Gasteiger partial charge in [0, 0.05) is 24.3 Å². The molecule has 1 heterocycles. The topological polar surface area (TPSA) is 29.9 Å². The van der Waals surface area contributed by atoms with Crippen LogP contribution < -0.4 is 5.32 Å². The third-order valence-corrected chi connectivity index (χ3v) is 3.98. The predicted molar refractivity (Wildman–Crippen MR) is 79.5 cm³/mol. The maximum Gasteiger partial charge on any atom is 0.142 e. The second kappa shape index (κ2) is 6.37. The van der Waals surface area contributed by atoms with E-state index >= 15 is 0 Å². The smallest absolute Gasteiger partial charge is 0.142 e. The minimum Gasteiger partial charge on any atom is -0.310 e. The first kappa shape index (κ1) is 15.0. The van der Waals surface area contributed by atoms with Crippen LogP contribution in [0.4, 0.5) is 4.39 Å². The van der Waals surface area contributed by atoms with Crippen LogP contribution >= 0.6 is 11.6 Å². The SMILES string of the molecule is CCNC(Cc1cccc(F)c1Cl)c1cnn(C)c1C. The molecule has 0 aliphatic heterocycles. The zero-order valence-electron chi connectivity index (χ0n) is 12.0. The Hall–Kier alpha value is -1.39. The number of aryl methyl sites for hydroxylation is 1. The van der Waals surface area contributed by atoms with Crippen molar-refractivity contribution in [1.82, 2.24) is 15.1 Å². The highest BCUT2D eigenvalue weighted by atomic mass is 35.5. The van der Waals surface area contributed by atoms with Crippen molar-refractivity contribution in [3.8, 4) is 0 Å². The summed E-state index contributed by atoms with van der Waals surface area (Å²) in [6.45, 7) is 4.90. The molecule has 1 N–H and O–H groups in total. The van der Waals surface area contributed by atoms with Gasteiger partial charge >= 0.3 is 0 Å². The minimum absolute atomic E-state index is 0.0769. The summed E-state index contributed by atoms with van der Waals surface area (Å²) in [5, 5.41) is 7.89. The van der Waals surface area contributed by atoms with Crippen molar-refractivity contribution in [3.05, 3.63) is 52.1 Å². The highest BCUT2D eigenvalue weighted by molar-refractivity contribution is 6.31. The second-order valence-corrected chi connectivity index (χ2v) is 5.21. The Morgan fingerprint density at radius 2 is 2.20 bits per heavy atom. The van der Waals surface area contributed by atoms with Crippen LogP contribution in [0.3, 0.4) is 0 Å². The zero-order valence-corrected chi connectivity index (χ0v) is 12.7. The van der Waals surface area contributed by atoms with Crippen molar-refractivity contribution in [2.75, 3.05) is 6.54 Å². The molecule has 0 saturated heterocycles. The van der Waals surface area contributed by atoms with E-state index in [1.807, 2.05) is 37.8 Å². The fourth-order valence-electron chi connectivity index (χ4n) is 2.32. The van der Waals surface area contributed by atoms with Crippen molar-refractivity contribution in [1.29, 1.82) is 0 Å². The zero-order chi connectivity index (χ0) is 14.7. The Balaban J connectivity index is 2.30. The van der Waals surface area contributed by atoms with E-state index in [4.69, 9.17) is 11.6 Å². The highest BCUT2D eigenvalue weighted by Crippen LogP contribution is 2.26. The third-order valence-electron chi connectivity index (χ3n) is 3.55. The van der Waals surface area contributed by atoms with E-state index in [0.29, 0.717) is 6.42 Å². The van der Waals surface area contributed by atoms with Gasteiger partial charge in [0.2, 0.25) is 0 Å². The molecule has 108 valence electrons. The number of hydrogen-bond donors (Lipinski definition) is 1. The number of nitrogens with zero attached hydrogens (tertiary/aromatic N) is 2.